The predicted molar refractivity (Wildman–Crippen MR) is 231 cm³/mol. The monoisotopic (exact) mass is 916 g/mol. The largest absolute Gasteiger partial charge is 0.573 e. The van der Waals surface area contributed by atoms with E-state index >= 15 is 0 Å². The van der Waals surface area contributed by atoms with Gasteiger partial charge in [0.2, 0.25) is 27.7 Å². The van der Waals surface area contributed by atoms with Gasteiger partial charge < -0.3 is 34.6 Å². The lowest BCUT2D eigenvalue weighted by Crippen LogP contribution is -2.58. The molecule has 5 atom stereocenters. The summed E-state index contributed by atoms with van der Waals surface area (Å²) in [6, 6.07) is 10.2. The fraction of sp³-hybridized carbons (Fsp3) is 0.512. The van der Waals surface area contributed by atoms with E-state index in [4.69, 9.17) is 14.5 Å². The number of halogens is 3. The number of alkyl carbamates (subject to hydrolysis) is 1. The number of thioether (sulfide) groups is 1. The predicted octanol–water partition coefficient (Wildman–Crippen LogP) is 5.67. The summed E-state index contributed by atoms with van der Waals surface area (Å²) >= 11 is 1.44. The average molecular weight is 917 g/mol. The highest BCUT2D eigenvalue weighted by Gasteiger charge is 2.62. The quantitative estimate of drug-likeness (QED) is 0.224. The first kappa shape index (κ1) is 45.8. The van der Waals surface area contributed by atoms with Crippen molar-refractivity contribution in [1.29, 1.82) is 0 Å². The molecule has 3 N–H and O–H groups in total. The van der Waals surface area contributed by atoms with E-state index in [-0.39, 0.29) is 31.0 Å². The average Bonchev–Trinajstić information content (AvgIpc) is 4.12. The van der Waals surface area contributed by atoms with E-state index in [0.717, 1.165) is 5.69 Å². The Morgan fingerprint density at radius 1 is 1.05 bits per heavy atom. The van der Waals surface area contributed by atoms with Crippen LogP contribution in [0.1, 0.15) is 59.3 Å². The summed E-state index contributed by atoms with van der Waals surface area (Å²) in [5, 5.41) is 6.11. The number of aromatic nitrogens is 1. The number of alkyl halides is 3. The van der Waals surface area contributed by atoms with Crippen LogP contribution < -0.4 is 29.7 Å². The number of amides is 4. The Bertz CT molecular complexity index is 2390. The van der Waals surface area contributed by atoms with E-state index in [1.54, 1.807) is 32.9 Å². The van der Waals surface area contributed by atoms with Crippen molar-refractivity contribution in [3.63, 3.8) is 0 Å². The Balaban J connectivity index is 1.24. The molecule has 4 aliphatic rings. The maximum atomic E-state index is 14.7. The number of carbonyl (C=O) groups excluding carboxylic acids is 4. The fourth-order valence-corrected chi connectivity index (χ4v) is 10.0. The second kappa shape index (κ2) is 17.7. The Morgan fingerprint density at radius 3 is 2.44 bits per heavy atom. The molecule has 15 nitrogen and oxygen atoms in total. The number of ether oxygens (including phenoxy) is 3. The summed E-state index contributed by atoms with van der Waals surface area (Å²) in [6.45, 7) is 4.91. The minimum absolute atomic E-state index is 0.0882. The van der Waals surface area contributed by atoms with Gasteiger partial charge in [0.1, 0.15) is 35.1 Å². The van der Waals surface area contributed by atoms with Crippen LogP contribution >= 0.6 is 11.8 Å². The summed E-state index contributed by atoms with van der Waals surface area (Å²) in [5.41, 5.74) is -0.821. The number of hydrogen-bond acceptors (Lipinski definition) is 12. The first-order valence-electron chi connectivity index (χ1n) is 20.7. The number of benzene rings is 2. The Morgan fingerprint density at radius 2 is 1.78 bits per heavy atom. The zero-order valence-corrected chi connectivity index (χ0v) is 37.1. The number of hydrogen-bond donors (Lipinski definition) is 3. The van der Waals surface area contributed by atoms with E-state index in [9.17, 15) is 40.8 Å². The molecule has 2 aliphatic heterocycles. The van der Waals surface area contributed by atoms with E-state index in [2.05, 4.69) is 20.1 Å². The number of rotatable bonds is 9. The van der Waals surface area contributed by atoms with Crippen LogP contribution in [0.15, 0.2) is 60.7 Å². The van der Waals surface area contributed by atoms with Gasteiger partial charge in [-0.2, -0.15) is 11.8 Å². The van der Waals surface area contributed by atoms with Crippen molar-refractivity contribution in [1.82, 2.24) is 25.2 Å². The van der Waals surface area contributed by atoms with Crippen molar-refractivity contribution < 1.29 is 55.0 Å². The summed E-state index contributed by atoms with van der Waals surface area (Å²) < 4.78 is 83.1. The molecule has 63 heavy (non-hydrogen) atoms. The molecular weight excluding hydrogens is 866 g/mol. The summed E-state index contributed by atoms with van der Waals surface area (Å²) in [6.07, 6.45) is -0.648. The van der Waals surface area contributed by atoms with Gasteiger partial charge in [0.25, 0.3) is 5.91 Å². The van der Waals surface area contributed by atoms with Crippen LogP contribution in [0, 0.1) is 5.92 Å². The number of pyridine rings is 1. The van der Waals surface area contributed by atoms with Crippen LogP contribution in [0.3, 0.4) is 0 Å². The molecule has 3 aromatic rings. The van der Waals surface area contributed by atoms with Crippen LogP contribution in [0.4, 0.5) is 23.7 Å². The number of fused-ring (bicyclic) bond motifs is 3. The van der Waals surface area contributed by atoms with Gasteiger partial charge >= 0.3 is 12.5 Å². The second-order valence-corrected chi connectivity index (χ2v) is 20.6. The number of anilines is 1. The van der Waals surface area contributed by atoms with Gasteiger partial charge in [-0.3, -0.25) is 19.1 Å². The maximum Gasteiger partial charge on any atom is 0.573 e. The van der Waals surface area contributed by atoms with Crippen LogP contribution in [0.5, 0.6) is 11.6 Å². The molecule has 340 valence electrons. The molecule has 4 amide bonds. The first-order chi connectivity index (χ1) is 29.6. The molecule has 2 aromatic carbocycles. The molecule has 2 saturated carbocycles. The molecule has 1 unspecified atom stereocenters. The van der Waals surface area contributed by atoms with Gasteiger partial charge in [0, 0.05) is 48.8 Å². The summed E-state index contributed by atoms with van der Waals surface area (Å²) in [4.78, 5) is 64.2. The highest BCUT2D eigenvalue weighted by atomic mass is 32.2. The van der Waals surface area contributed by atoms with E-state index < -0.39 is 86.4 Å². The number of nitrogens with one attached hydrogen (secondary N) is 3. The molecule has 0 bridgehead atoms. The standard InChI is InChI=1S/C43H51F3N6O9S2/c1-41(2,3)61-40(56)48-34-24-62-18-8-6-7-9-27-22-42(27,39(55)50-63(57,58)31-15-16-31)49-36(53)35-21-30(23-52(35)38(34)54)59-37-32-17-12-28(51(4)5)19-26(32)20-33(47-37)25-10-13-29(14-11-25)60-43(44,45)46/h7,9-14,17,19-20,27,30-31,34-35H,6,8,15-16,18,21-24H2,1-5H3,(H,48,56)(H,49,53)(H,50,55)/b9-7-/t27-,30?,34+,35+,42-/m1/s1. The summed E-state index contributed by atoms with van der Waals surface area (Å²) in [7, 11) is -0.234. The van der Waals surface area contributed by atoms with Crippen molar-refractivity contribution in [2.75, 3.05) is 37.0 Å². The molecule has 0 spiro atoms. The van der Waals surface area contributed by atoms with Crippen molar-refractivity contribution in [3.8, 4) is 22.9 Å². The normalized spacial score (nSPS) is 25.0. The lowest BCUT2D eigenvalue weighted by Gasteiger charge is -2.30. The second-order valence-electron chi connectivity index (χ2n) is 17.5. The molecule has 2 aliphatic carbocycles. The van der Waals surface area contributed by atoms with Crippen molar-refractivity contribution >= 4 is 62.1 Å². The van der Waals surface area contributed by atoms with Gasteiger partial charge in [-0.25, -0.2) is 18.2 Å². The number of carbonyl (C=O) groups is 4. The minimum Gasteiger partial charge on any atom is -0.472 e. The number of nitrogens with zero attached hydrogens (tertiary/aromatic N) is 3. The zero-order chi connectivity index (χ0) is 45.5. The SMILES string of the molecule is CN(C)c1ccc2c(OC3C[C@H]4C(=O)N[C@]5(C(=O)NS(=O)(=O)C6CC6)C[C@H]5/C=C\CCCSC[C@H](NC(=O)OC(C)(C)C)C(=O)N4C3)nc(-c3ccc(OC(F)(F)F)cc3)cc2c1. The van der Waals surface area contributed by atoms with Crippen LogP contribution in [0.25, 0.3) is 22.0 Å². The van der Waals surface area contributed by atoms with E-state index in [1.165, 1.54) is 40.9 Å². The Kier molecular flexibility index (Phi) is 12.9. The highest BCUT2D eigenvalue weighted by molar-refractivity contribution is 7.99. The van der Waals surface area contributed by atoms with Gasteiger partial charge in [0.15, 0.2) is 0 Å². The smallest absolute Gasteiger partial charge is 0.472 e. The third-order valence-electron chi connectivity index (χ3n) is 11.1. The molecule has 0 radical (unpaired) electrons. The van der Waals surface area contributed by atoms with Crippen molar-refractivity contribution in [2.45, 2.75) is 100 Å². The van der Waals surface area contributed by atoms with Gasteiger partial charge in [-0.15, -0.1) is 13.2 Å². The van der Waals surface area contributed by atoms with Gasteiger partial charge in [0.05, 0.1) is 17.5 Å². The maximum absolute atomic E-state index is 14.7. The van der Waals surface area contributed by atoms with Gasteiger partial charge in [-0.05, 0) is 113 Å². The lowest BCUT2D eigenvalue weighted by atomic mass is 10.1. The lowest BCUT2D eigenvalue weighted by molar-refractivity contribution is -0.274. The van der Waals surface area contributed by atoms with Crippen LogP contribution in [0.2, 0.25) is 0 Å². The third kappa shape index (κ3) is 11.1. The Hall–Kier alpha value is -5.24. The topological polar surface area (TPSA) is 186 Å². The summed E-state index contributed by atoms with van der Waals surface area (Å²) in [5.74, 6) is -2.19. The molecular formula is C43H51F3N6O9S2. The number of allylic oxidation sites excluding steroid dienone is 1. The Labute approximate surface area is 367 Å². The fourth-order valence-electron chi connectivity index (χ4n) is 7.65. The van der Waals surface area contributed by atoms with Crippen molar-refractivity contribution in [3.05, 3.63) is 60.7 Å². The highest BCUT2D eigenvalue weighted by Crippen LogP contribution is 2.46. The van der Waals surface area contributed by atoms with E-state index in [1.807, 2.05) is 43.3 Å². The van der Waals surface area contributed by atoms with E-state index in [0.29, 0.717) is 53.5 Å². The molecule has 1 saturated heterocycles. The first-order valence-corrected chi connectivity index (χ1v) is 23.4. The van der Waals surface area contributed by atoms with Crippen molar-refractivity contribution in [2.24, 2.45) is 5.92 Å². The number of sulfonamides is 1. The molecule has 3 heterocycles. The van der Waals surface area contributed by atoms with Crippen LogP contribution in [-0.2, 0) is 29.1 Å². The zero-order valence-electron chi connectivity index (χ0n) is 35.5. The molecule has 20 heteroatoms. The molecule has 3 fully saturated rings. The van der Waals surface area contributed by atoms with Gasteiger partial charge in [-0.1, -0.05) is 12.2 Å². The minimum atomic E-state index is -4.88. The molecule has 7 rings (SSSR count). The van der Waals surface area contributed by atoms with Crippen LogP contribution in [-0.4, -0.2) is 115 Å². The third-order valence-corrected chi connectivity index (χ3v) is 14.0. The molecule has 1 aromatic heterocycles.